The lowest BCUT2D eigenvalue weighted by Gasteiger charge is -2.11. The summed E-state index contributed by atoms with van der Waals surface area (Å²) in [6.07, 6.45) is 0. The number of amides is 1. The first-order valence-corrected chi connectivity index (χ1v) is 6.78. The van der Waals surface area contributed by atoms with Crippen LogP contribution in [0.2, 0.25) is 10.0 Å². The second-order valence-corrected chi connectivity index (χ2v) is 5.05. The van der Waals surface area contributed by atoms with Crippen molar-refractivity contribution >= 4 is 34.8 Å². The minimum absolute atomic E-state index is 0.343. The van der Waals surface area contributed by atoms with Crippen LogP contribution < -0.4 is 14.8 Å². The first kappa shape index (κ1) is 15.5. The number of carbonyl (C=O) groups excluding carboxylic acids is 1. The number of rotatable bonds is 4. The maximum absolute atomic E-state index is 12.4. The van der Waals surface area contributed by atoms with Crippen molar-refractivity contribution < 1.29 is 14.3 Å². The number of benzene rings is 2. The van der Waals surface area contributed by atoms with E-state index in [1.54, 1.807) is 36.4 Å². The Labute approximate surface area is 132 Å². The van der Waals surface area contributed by atoms with Gasteiger partial charge in [-0.1, -0.05) is 23.2 Å². The average Bonchev–Trinajstić information content (AvgIpc) is 2.45. The van der Waals surface area contributed by atoms with E-state index in [0.29, 0.717) is 32.8 Å². The van der Waals surface area contributed by atoms with Gasteiger partial charge in [-0.2, -0.15) is 0 Å². The zero-order chi connectivity index (χ0) is 15.4. The molecule has 2 rings (SSSR count). The number of ether oxygens (including phenoxy) is 2. The molecule has 0 heterocycles. The van der Waals surface area contributed by atoms with Crippen LogP contribution in [0, 0.1) is 0 Å². The van der Waals surface area contributed by atoms with Gasteiger partial charge in [-0.3, -0.25) is 4.79 Å². The summed E-state index contributed by atoms with van der Waals surface area (Å²) in [7, 11) is 3.02. The molecule has 110 valence electrons. The lowest BCUT2D eigenvalue weighted by atomic mass is 10.1. The molecule has 0 spiro atoms. The first-order valence-electron chi connectivity index (χ1n) is 6.03. The zero-order valence-corrected chi connectivity index (χ0v) is 13.0. The van der Waals surface area contributed by atoms with Crippen LogP contribution >= 0.6 is 23.2 Å². The minimum atomic E-state index is -0.343. The van der Waals surface area contributed by atoms with Gasteiger partial charge in [-0.25, -0.2) is 0 Å². The van der Waals surface area contributed by atoms with Crippen LogP contribution in [-0.2, 0) is 0 Å². The molecule has 0 aliphatic carbocycles. The molecule has 2 aromatic rings. The van der Waals surface area contributed by atoms with Crippen LogP contribution in [0.25, 0.3) is 0 Å². The second kappa shape index (κ2) is 6.70. The van der Waals surface area contributed by atoms with E-state index in [0.717, 1.165) is 0 Å². The first-order chi connectivity index (χ1) is 10.0. The van der Waals surface area contributed by atoms with Crippen molar-refractivity contribution in [1.29, 1.82) is 0 Å². The quantitative estimate of drug-likeness (QED) is 0.913. The molecule has 0 atom stereocenters. The van der Waals surface area contributed by atoms with E-state index >= 15 is 0 Å². The molecule has 4 nitrogen and oxygen atoms in total. The molecule has 0 unspecified atom stereocenters. The van der Waals surface area contributed by atoms with Gasteiger partial charge in [0.1, 0.15) is 11.5 Å². The van der Waals surface area contributed by atoms with Gasteiger partial charge in [0.2, 0.25) is 0 Å². The molecule has 1 amide bonds. The van der Waals surface area contributed by atoms with E-state index in [1.807, 2.05) is 0 Å². The molecule has 0 saturated carbocycles. The summed E-state index contributed by atoms with van der Waals surface area (Å²) in [6.45, 7) is 0. The fraction of sp³-hybridized carbons (Fsp3) is 0.133. The molecule has 0 bridgehead atoms. The summed E-state index contributed by atoms with van der Waals surface area (Å²) in [6, 6.07) is 9.78. The fourth-order valence-electron chi connectivity index (χ4n) is 1.82. The lowest BCUT2D eigenvalue weighted by molar-refractivity contribution is 0.102. The number of nitrogens with one attached hydrogen (secondary N) is 1. The Kier molecular flexibility index (Phi) is 4.94. The molecule has 21 heavy (non-hydrogen) atoms. The topological polar surface area (TPSA) is 47.6 Å². The second-order valence-electron chi connectivity index (χ2n) is 4.18. The number of methoxy groups -OCH3 is 2. The number of anilines is 1. The lowest BCUT2D eigenvalue weighted by Crippen LogP contribution is -2.13. The van der Waals surface area contributed by atoms with E-state index < -0.39 is 0 Å². The minimum Gasteiger partial charge on any atom is -0.497 e. The monoisotopic (exact) mass is 325 g/mol. The van der Waals surface area contributed by atoms with Crippen LogP contribution in [0.5, 0.6) is 11.5 Å². The van der Waals surface area contributed by atoms with Crippen LogP contribution in [-0.4, -0.2) is 20.1 Å². The summed E-state index contributed by atoms with van der Waals surface area (Å²) in [5.41, 5.74) is 0.857. The number of hydrogen-bond donors (Lipinski definition) is 1. The highest BCUT2D eigenvalue weighted by molar-refractivity contribution is 6.35. The molecule has 0 aromatic heterocycles. The van der Waals surface area contributed by atoms with E-state index in [4.69, 9.17) is 32.7 Å². The molecule has 0 radical (unpaired) electrons. The van der Waals surface area contributed by atoms with E-state index in [1.165, 1.54) is 14.2 Å². The van der Waals surface area contributed by atoms with Crippen molar-refractivity contribution in [3.63, 3.8) is 0 Å². The molecule has 1 N–H and O–H groups in total. The predicted octanol–water partition coefficient (Wildman–Crippen LogP) is 4.26. The molecule has 0 aliphatic heterocycles. The Morgan fingerprint density at radius 1 is 1.00 bits per heavy atom. The largest absolute Gasteiger partial charge is 0.497 e. The highest BCUT2D eigenvalue weighted by atomic mass is 35.5. The zero-order valence-electron chi connectivity index (χ0n) is 11.4. The van der Waals surface area contributed by atoms with Gasteiger partial charge >= 0.3 is 0 Å². The van der Waals surface area contributed by atoms with Crippen molar-refractivity contribution in [2.75, 3.05) is 19.5 Å². The summed E-state index contributed by atoms with van der Waals surface area (Å²) >= 11 is 11.8. The standard InChI is InChI=1S/C15H13Cl2NO3/c1-20-12-3-4-14(21-2)13(8-12)15(19)18-11-6-9(16)5-10(17)7-11/h3-8H,1-2H3,(H,18,19). The van der Waals surface area contributed by atoms with Crippen LogP contribution in [0.1, 0.15) is 10.4 Å². The Morgan fingerprint density at radius 3 is 2.24 bits per heavy atom. The molecule has 0 fully saturated rings. The summed E-state index contributed by atoms with van der Waals surface area (Å²) in [4.78, 5) is 12.4. The Balaban J connectivity index is 2.31. The Morgan fingerprint density at radius 2 is 1.67 bits per heavy atom. The third-order valence-electron chi connectivity index (χ3n) is 2.77. The van der Waals surface area contributed by atoms with Gasteiger partial charge < -0.3 is 14.8 Å². The van der Waals surface area contributed by atoms with Crippen LogP contribution in [0.4, 0.5) is 5.69 Å². The molecular formula is C15H13Cl2NO3. The number of hydrogen-bond acceptors (Lipinski definition) is 3. The summed E-state index contributed by atoms with van der Waals surface area (Å²) in [5.74, 6) is 0.663. The van der Waals surface area contributed by atoms with Crippen LogP contribution in [0.3, 0.4) is 0 Å². The highest BCUT2D eigenvalue weighted by Gasteiger charge is 2.14. The van der Waals surface area contributed by atoms with Crippen molar-refractivity contribution in [3.05, 3.63) is 52.0 Å². The summed E-state index contributed by atoms with van der Waals surface area (Å²) < 4.78 is 10.3. The maximum atomic E-state index is 12.4. The fourth-order valence-corrected chi connectivity index (χ4v) is 2.34. The smallest absolute Gasteiger partial charge is 0.259 e. The van der Waals surface area contributed by atoms with E-state index in [-0.39, 0.29) is 5.91 Å². The Bertz CT molecular complexity index is 654. The van der Waals surface area contributed by atoms with Crippen molar-refractivity contribution in [3.8, 4) is 11.5 Å². The SMILES string of the molecule is COc1ccc(OC)c(C(=O)Nc2cc(Cl)cc(Cl)c2)c1. The van der Waals surface area contributed by atoms with Gasteiger partial charge in [-0.05, 0) is 36.4 Å². The van der Waals surface area contributed by atoms with Gasteiger partial charge in [-0.15, -0.1) is 0 Å². The molecule has 2 aromatic carbocycles. The third-order valence-corrected chi connectivity index (χ3v) is 3.21. The molecule has 0 saturated heterocycles. The number of halogens is 2. The van der Waals surface area contributed by atoms with E-state index in [2.05, 4.69) is 5.32 Å². The average molecular weight is 326 g/mol. The summed E-state index contributed by atoms with van der Waals surface area (Å²) in [5, 5.41) is 3.60. The van der Waals surface area contributed by atoms with E-state index in [9.17, 15) is 4.79 Å². The number of carbonyl (C=O) groups is 1. The molecule has 6 heteroatoms. The van der Waals surface area contributed by atoms with Crippen LogP contribution in [0.15, 0.2) is 36.4 Å². The molecular weight excluding hydrogens is 313 g/mol. The van der Waals surface area contributed by atoms with Gasteiger partial charge in [0, 0.05) is 15.7 Å². The highest BCUT2D eigenvalue weighted by Crippen LogP contribution is 2.27. The predicted molar refractivity (Wildman–Crippen MR) is 84.0 cm³/mol. The normalized spacial score (nSPS) is 10.1. The molecule has 0 aliphatic rings. The van der Waals surface area contributed by atoms with Crippen molar-refractivity contribution in [2.24, 2.45) is 0 Å². The maximum Gasteiger partial charge on any atom is 0.259 e. The van der Waals surface area contributed by atoms with Gasteiger partial charge in [0.25, 0.3) is 5.91 Å². The van der Waals surface area contributed by atoms with Gasteiger partial charge in [0.05, 0.1) is 19.8 Å². The third kappa shape index (κ3) is 3.80. The van der Waals surface area contributed by atoms with Gasteiger partial charge in [0.15, 0.2) is 0 Å². The van der Waals surface area contributed by atoms with Crippen molar-refractivity contribution in [1.82, 2.24) is 0 Å². The van der Waals surface area contributed by atoms with Crippen molar-refractivity contribution in [2.45, 2.75) is 0 Å². The Hall–Kier alpha value is -1.91.